The third-order valence-corrected chi connectivity index (χ3v) is 5.26. The summed E-state index contributed by atoms with van der Waals surface area (Å²) >= 11 is 9.76. The van der Waals surface area contributed by atoms with E-state index in [1.54, 1.807) is 0 Å². The Hall–Kier alpha value is -1.25. The van der Waals surface area contributed by atoms with E-state index in [1.165, 1.54) is 16.8 Å². The minimum atomic E-state index is 0.344. The third kappa shape index (κ3) is 2.31. The van der Waals surface area contributed by atoms with Crippen molar-refractivity contribution in [2.75, 3.05) is 5.32 Å². The molecule has 0 fully saturated rings. The fourth-order valence-corrected chi connectivity index (χ4v) is 4.19. The van der Waals surface area contributed by atoms with E-state index in [2.05, 4.69) is 69.8 Å². The van der Waals surface area contributed by atoms with Gasteiger partial charge in [-0.25, -0.2) is 0 Å². The monoisotopic (exact) mass is 359 g/mol. The van der Waals surface area contributed by atoms with Crippen LogP contribution in [0, 0.1) is 5.92 Å². The molecule has 0 bridgehead atoms. The van der Waals surface area contributed by atoms with Crippen molar-refractivity contribution >= 4 is 33.2 Å². The Morgan fingerprint density at radius 2 is 2.05 bits per heavy atom. The highest BCUT2D eigenvalue weighted by Gasteiger charge is 2.37. The maximum Gasteiger partial charge on any atom is 0.0554 e. The number of benzene rings is 2. The smallest absolute Gasteiger partial charge is 0.0554 e. The topological polar surface area (TPSA) is 12.0 Å². The molecule has 0 radical (unpaired) electrons. The van der Waals surface area contributed by atoms with Crippen LogP contribution in [-0.4, -0.2) is 0 Å². The summed E-state index contributed by atoms with van der Waals surface area (Å²) in [7, 11) is 0. The summed E-state index contributed by atoms with van der Waals surface area (Å²) in [5.74, 6) is 1.02. The van der Waals surface area contributed by atoms with Gasteiger partial charge in [0.15, 0.2) is 0 Å². The maximum atomic E-state index is 6.18. The van der Waals surface area contributed by atoms with Crippen molar-refractivity contribution in [3.05, 3.63) is 75.2 Å². The molecule has 0 saturated carbocycles. The lowest BCUT2D eigenvalue weighted by Crippen LogP contribution is -2.29. The predicted molar refractivity (Wildman–Crippen MR) is 91.9 cm³/mol. The molecule has 1 nitrogen and oxygen atoms in total. The summed E-state index contributed by atoms with van der Waals surface area (Å²) in [6.45, 7) is 0. The molecule has 3 atom stereocenters. The first-order valence-electron chi connectivity index (χ1n) is 7.20. The van der Waals surface area contributed by atoms with Gasteiger partial charge in [0.05, 0.1) is 6.04 Å². The van der Waals surface area contributed by atoms with Gasteiger partial charge in [-0.3, -0.25) is 0 Å². The van der Waals surface area contributed by atoms with Gasteiger partial charge in [-0.05, 0) is 53.8 Å². The minimum Gasteiger partial charge on any atom is -0.378 e. The van der Waals surface area contributed by atoms with Crippen molar-refractivity contribution in [1.29, 1.82) is 0 Å². The van der Waals surface area contributed by atoms with Crippen molar-refractivity contribution in [2.24, 2.45) is 5.92 Å². The zero-order chi connectivity index (χ0) is 14.4. The van der Waals surface area contributed by atoms with Crippen LogP contribution in [0.2, 0.25) is 5.02 Å². The van der Waals surface area contributed by atoms with Gasteiger partial charge in [-0.1, -0.05) is 51.8 Å². The molecule has 106 valence electrons. The first kappa shape index (κ1) is 13.4. The molecule has 0 amide bonds. The largest absolute Gasteiger partial charge is 0.378 e. The van der Waals surface area contributed by atoms with Crippen LogP contribution in [-0.2, 0) is 0 Å². The number of hydrogen-bond donors (Lipinski definition) is 1. The Morgan fingerprint density at radius 3 is 2.90 bits per heavy atom. The van der Waals surface area contributed by atoms with Gasteiger partial charge in [0.1, 0.15) is 0 Å². The first-order valence-corrected chi connectivity index (χ1v) is 8.37. The fourth-order valence-electron chi connectivity index (χ4n) is 3.60. The molecule has 3 heteroatoms. The van der Waals surface area contributed by atoms with Gasteiger partial charge >= 0.3 is 0 Å². The van der Waals surface area contributed by atoms with Crippen molar-refractivity contribution < 1.29 is 0 Å². The molecule has 4 rings (SSSR count). The van der Waals surface area contributed by atoms with Crippen LogP contribution >= 0.6 is 27.5 Å². The van der Waals surface area contributed by atoms with Crippen molar-refractivity contribution in [3.8, 4) is 0 Å². The standard InChI is InChI=1S/C18H15BrClN/c19-12-4-1-3-11(9-12)18-15-6-2-5-14(15)16-10-13(20)7-8-17(16)21-18/h1-5,7-10,14-15,18,21H,6H2/t14-,15+,18-/m0/s1. The molecule has 1 aliphatic heterocycles. The number of hydrogen-bond acceptors (Lipinski definition) is 1. The molecule has 2 aromatic carbocycles. The Kier molecular flexibility index (Phi) is 3.31. The third-order valence-electron chi connectivity index (χ3n) is 4.53. The second kappa shape index (κ2) is 5.19. The van der Waals surface area contributed by atoms with Crippen molar-refractivity contribution in [3.63, 3.8) is 0 Å². The summed E-state index contributed by atoms with van der Waals surface area (Å²) in [6, 6.07) is 15.1. The van der Waals surface area contributed by atoms with E-state index in [0.29, 0.717) is 17.9 Å². The van der Waals surface area contributed by atoms with Crippen LogP contribution in [0.3, 0.4) is 0 Å². The molecule has 0 spiro atoms. The molecule has 1 N–H and O–H groups in total. The molecule has 0 aromatic heterocycles. The Balaban J connectivity index is 1.80. The zero-order valence-corrected chi connectivity index (χ0v) is 13.7. The SMILES string of the molecule is Clc1ccc2c(c1)[C@H]1C=CC[C@H]1[C@H](c1cccc(Br)c1)N2. The molecule has 21 heavy (non-hydrogen) atoms. The molecular weight excluding hydrogens is 346 g/mol. The first-order chi connectivity index (χ1) is 10.2. The Bertz CT molecular complexity index is 725. The van der Waals surface area contributed by atoms with E-state index in [1.807, 2.05) is 6.07 Å². The van der Waals surface area contributed by atoms with Crippen LogP contribution in [0.25, 0.3) is 0 Å². The summed E-state index contributed by atoms with van der Waals surface area (Å²) in [4.78, 5) is 0. The van der Waals surface area contributed by atoms with Crippen molar-refractivity contribution in [1.82, 2.24) is 0 Å². The number of rotatable bonds is 1. The predicted octanol–water partition coefficient (Wildman–Crippen LogP) is 5.93. The van der Waals surface area contributed by atoms with Crippen LogP contribution in [0.4, 0.5) is 5.69 Å². The maximum absolute atomic E-state index is 6.18. The molecule has 1 heterocycles. The van der Waals surface area contributed by atoms with E-state index in [4.69, 9.17) is 11.6 Å². The highest BCUT2D eigenvalue weighted by Crippen LogP contribution is 2.50. The number of fused-ring (bicyclic) bond motifs is 3. The van der Waals surface area contributed by atoms with E-state index in [0.717, 1.165) is 15.9 Å². The second-order valence-electron chi connectivity index (χ2n) is 5.76. The number of anilines is 1. The van der Waals surface area contributed by atoms with E-state index >= 15 is 0 Å². The Labute approximate surface area is 138 Å². The summed E-state index contributed by atoms with van der Waals surface area (Å²) in [5.41, 5.74) is 3.87. The van der Waals surface area contributed by atoms with E-state index in [-0.39, 0.29) is 0 Å². The van der Waals surface area contributed by atoms with Gasteiger partial charge in [0.2, 0.25) is 0 Å². The zero-order valence-electron chi connectivity index (χ0n) is 11.4. The number of allylic oxidation sites excluding steroid dienone is 2. The van der Waals surface area contributed by atoms with Crippen LogP contribution in [0.1, 0.15) is 29.5 Å². The van der Waals surface area contributed by atoms with Crippen LogP contribution in [0.15, 0.2) is 59.1 Å². The Morgan fingerprint density at radius 1 is 1.14 bits per heavy atom. The number of halogens is 2. The summed E-state index contributed by atoms with van der Waals surface area (Å²) in [5, 5.41) is 4.53. The van der Waals surface area contributed by atoms with Gasteiger partial charge in [0, 0.05) is 21.1 Å². The fraction of sp³-hybridized carbons (Fsp3) is 0.222. The van der Waals surface area contributed by atoms with Crippen LogP contribution < -0.4 is 5.32 Å². The lowest BCUT2D eigenvalue weighted by atomic mass is 9.77. The van der Waals surface area contributed by atoms with Crippen molar-refractivity contribution in [2.45, 2.75) is 18.4 Å². The normalized spacial score (nSPS) is 26.1. The highest BCUT2D eigenvalue weighted by atomic mass is 79.9. The second-order valence-corrected chi connectivity index (χ2v) is 7.11. The quantitative estimate of drug-likeness (QED) is 0.622. The highest BCUT2D eigenvalue weighted by molar-refractivity contribution is 9.10. The average Bonchev–Trinajstić information content (AvgIpc) is 2.96. The van der Waals surface area contributed by atoms with E-state index in [9.17, 15) is 0 Å². The lowest BCUT2D eigenvalue weighted by Gasteiger charge is -2.37. The average molecular weight is 361 g/mol. The number of nitrogens with one attached hydrogen (secondary N) is 1. The summed E-state index contributed by atoms with van der Waals surface area (Å²) in [6.07, 6.45) is 5.75. The van der Waals surface area contributed by atoms with Gasteiger partial charge in [0.25, 0.3) is 0 Å². The minimum absolute atomic E-state index is 0.344. The molecule has 2 aromatic rings. The van der Waals surface area contributed by atoms with Gasteiger partial charge < -0.3 is 5.32 Å². The van der Waals surface area contributed by atoms with Gasteiger partial charge in [-0.2, -0.15) is 0 Å². The molecular formula is C18H15BrClN. The van der Waals surface area contributed by atoms with Crippen LogP contribution in [0.5, 0.6) is 0 Å². The van der Waals surface area contributed by atoms with Gasteiger partial charge in [-0.15, -0.1) is 0 Å². The van der Waals surface area contributed by atoms with E-state index < -0.39 is 0 Å². The molecule has 1 aliphatic carbocycles. The molecule has 0 saturated heterocycles. The molecule has 2 aliphatic rings. The molecule has 0 unspecified atom stereocenters. The summed E-state index contributed by atoms with van der Waals surface area (Å²) < 4.78 is 1.13. The lowest BCUT2D eigenvalue weighted by molar-refractivity contribution is 0.425.